The van der Waals surface area contributed by atoms with E-state index in [-0.39, 0.29) is 6.04 Å². The molecule has 30 heavy (non-hydrogen) atoms. The molecule has 5 heteroatoms. The predicted molar refractivity (Wildman–Crippen MR) is 122 cm³/mol. The average molecular weight is 413 g/mol. The van der Waals surface area contributed by atoms with Gasteiger partial charge in [-0.15, -0.1) is 0 Å². The van der Waals surface area contributed by atoms with Crippen molar-refractivity contribution in [1.82, 2.24) is 14.7 Å². The van der Waals surface area contributed by atoms with Crippen LogP contribution in [0.25, 0.3) is 5.69 Å². The van der Waals surface area contributed by atoms with Crippen molar-refractivity contribution in [3.05, 3.63) is 112 Å². The second-order valence-electron chi connectivity index (χ2n) is 7.44. The van der Waals surface area contributed by atoms with Gasteiger partial charge in [0.2, 0.25) is 0 Å². The number of para-hydroxylation sites is 1. The first-order valence-electron chi connectivity index (χ1n) is 9.91. The van der Waals surface area contributed by atoms with Crippen LogP contribution in [0.15, 0.2) is 89.9 Å². The lowest BCUT2D eigenvalue weighted by atomic mass is 9.94. The molecule has 0 saturated carbocycles. The lowest BCUT2D eigenvalue weighted by molar-refractivity contribution is 0.420. The molecule has 1 aliphatic heterocycles. The molecule has 0 amide bonds. The van der Waals surface area contributed by atoms with E-state index in [4.69, 9.17) is 21.7 Å². The summed E-state index contributed by atoms with van der Waals surface area (Å²) in [6.45, 7) is 2.05. The van der Waals surface area contributed by atoms with Crippen LogP contribution in [-0.2, 0) is 0 Å². The number of rotatable bonds is 3. The average Bonchev–Trinajstić information content (AvgIpc) is 3.11. The van der Waals surface area contributed by atoms with Crippen LogP contribution in [0.2, 0.25) is 5.02 Å². The number of fused-ring (bicyclic) bond motifs is 1. The van der Waals surface area contributed by atoms with Gasteiger partial charge < -0.3 is 4.90 Å². The maximum atomic E-state index is 6.17. The molecule has 0 aliphatic carbocycles. The Morgan fingerprint density at radius 3 is 2.13 bits per heavy atom. The SMILES string of the molecule is Cc1nn(-c2ccccc2)c2c1[C@H](c1ccc(Cl)cc1)N(C)C(c1ccccc1)=N2. The first kappa shape index (κ1) is 18.6. The predicted octanol–water partition coefficient (Wildman–Crippen LogP) is 5.95. The molecule has 1 aromatic heterocycles. The van der Waals surface area contributed by atoms with Gasteiger partial charge in [0.15, 0.2) is 5.82 Å². The van der Waals surface area contributed by atoms with Crippen LogP contribution in [0.5, 0.6) is 0 Å². The van der Waals surface area contributed by atoms with Crippen molar-refractivity contribution in [2.45, 2.75) is 13.0 Å². The van der Waals surface area contributed by atoms with Crippen LogP contribution < -0.4 is 0 Å². The van der Waals surface area contributed by atoms with E-state index in [1.807, 2.05) is 53.2 Å². The molecule has 4 nitrogen and oxygen atoms in total. The van der Waals surface area contributed by atoms with E-state index in [1.54, 1.807) is 0 Å². The van der Waals surface area contributed by atoms with Gasteiger partial charge in [0, 0.05) is 23.2 Å². The van der Waals surface area contributed by atoms with Crippen LogP contribution in [0.3, 0.4) is 0 Å². The first-order valence-corrected chi connectivity index (χ1v) is 10.3. The molecule has 148 valence electrons. The summed E-state index contributed by atoms with van der Waals surface area (Å²) in [5, 5.41) is 5.60. The summed E-state index contributed by atoms with van der Waals surface area (Å²) < 4.78 is 1.95. The highest BCUT2D eigenvalue weighted by Crippen LogP contribution is 2.42. The minimum Gasteiger partial charge on any atom is -0.348 e. The number of halogens is 1. The Labute approximate surface area is 181 Å². The van der Waals surface area contributed by atoms with Crippen LogP contribution in [0, 0.1) is 6.92 Å². The maximum Gasteiger partial charge on any atom is 0.163 e. The second kappa shape index (κ2) is 7.47. The molecule has 0 saturated heterocycles. The molecular formula is C25H21ClN4. The largest absolute Gasteiger partial charge is 0.348 e. The molecule has 1 atom stereocenters. The molecule has 0 spiro atoms. The number of nitrogens with zero attached hydrogens (tertiary/aromatic N) is 4. The number of aliphatic imine (C=N–C) groups is 1. The Hall–Kier alpha value is -3.37. The maximum absolute atomic E-state index is 6.17. The number of hydrogen-bond acceptors (Lipinski definition) is 3. The fourth-order valence-corrected chi connectivity index (χ4v) is 4.22. The third-order valence-corrected chi connectivity index (χ3v) is 5.76. The summed E-state index contributed by atoms with van der Waals surface area (Å²) in [6.07, 6.45) is 0. The molecule has 5 rings (SSSR count). The van der Waals surface area contributed by atoms with E-state index < -0.39 is 0 Å². The molecule has 3 aromatic carbocycles. The van der Waals surface area contributed by atoms with E-state index in [0.717, 1.165) is 44.7 Å². The van der Waals surface area contributed by atoms with Gasteiger partial charge in [0.1, 0.15) is 5.84 Å². The monoisotopic (exact) mass is 412 g/mol. The van der Waals surface area contributed by atoms with Crippen molar-refractivity contribution < 1.29 is 0 Å². The summed E-state index contributed by atoms with van der Waals surface area (Å²) >= 11 is 6.17. The summed E-state index contributed by atoms with van der Waals surface area (Å²) in [5.41, 5.74) is 5.31. The number of aromatic nitrogens is 2. The molecule has 4 aromatic rings. The molecule has 0 N–H and O–H groups in total. The fraction of sp³-hybridized carbons (Fsp3) is 0.120. The van der Waals surface area contributed by atoms with Gasteiger partial charge >= 0.3 is 0 Å². The van der Waals surface area contributed by atoms with Gasteiger partial charge in [-0.25, -0.2) is 9.67 Å². The summed E-state index contributed by atoms with van der Waals surface area (Å²) in [7, 11) is 2.09. The third-order valence-electron chi connectivity index (χ3n) is 5.51. The van der Waals surface area contributed by atoms with Gasteiger partial charge in [0.25, 0.3) is 0 Å². The lowest BCUT2D eigenvalue weighted by Gasteiger charge is -2.35. The molecule has 1 aliphatic rings. The lowest BCUT2D eigenvalue weighted by Crippen LogP contribution is -2.35. The van der Waals surface area contributed by atoms with Crippen LogP contribution in [0.4, 0.5) is 5.82 Å². The normalized spacial score (nSPS) is 15.6. The van der Waals surface area contributed by atoms with E-state index >= 15 is 0 Å². The number of benzene rings is 3. The van der Waals surface area contributed by atoms with Crippen molar-refractivity contribution in [3.8, 4) is 5.69 Å². The van der Waals surface area contributed by atoms with E-state index in [9.17, 15) is 0 Å². The third kappa shape index (κ3) is 3.10. The summed E-state index contributed by atoms with van der Waals surface area (Å²) in [6, 6.07) is 28.5. The molecular weight excluding hydrogens is 392 g/mol. The highest BCUT2D eigenvalue weighted by molar-refractivity contribution is 6.30. The van der Waals surface area contributed by atoms with Gasteiger partial charge in [-0.2, -0.15) is 5.10 Å². The Balaban J connectivity index is 1.77. The van der Waals surface area contributed by atoms with Gasteiger partial charge in [0.05, 0.1) is 17.4 Å². The summed E-state index contributed by atoms with van der Waals surface area (Å²) in [5.74, 6) is 1.79. The van der Waals surface area contributed by atoms with Crippen molar-refractivity contribution in [1.29, 1.82) is 0 Å². The minimum absolute atomic E-state index is 0.0116. The first-order chi connectivity index (χ1) is 14.6. The zero-order valence-corrected chi connectivity index (χ0v) is 17.6. The van der Waals surface area contributed by atoms with Crippen molar-refractivity contribution in [3.63, 3.8) is 0 Å². The fourth-order valence-electron chi connectivity index (χ4n) is 4.09. The van der Waals surface area contributed by atoms with E-state index in [1.165, 1.54) is 0 Å². The number of aryl methyl sites for hydroxylation is 1. The topological polar surface area (TPSA) is 33.4 Å². The van der Waals surface area contributed by atoms with Crippen LogP contribution >= 0.6 is 11.6 Å². The Morgan fingerprint density at radius 1 is 0.833 bits per heavy atom. The molecule has 0 unspecified atom stereocenters. The molecule has 0 bridgehead atoms. The second-order valence-corrected chi connectivity index (χ2v) is 7.87. The minimum atomic E-state index is -0.0116. The van der Waals surface area contributed by atoms with Crippen LogP contribution in [-0.4, -0.2) is 27.6 Å². The van der Waals surface area contributed by atoms with Crippen LogP contribution in [0.1, 0.15) is 28.4 Å². The Bertz CT molecular complexity index is 1210. The molecule has 0 radical (unpaired) electrons. The van der Waals surface area contributed by atoms with E-state index in [0.29, 0.717) is 0 Å². The highest BCUT2D eigenvalue weighted by atomic mass is 35.5. The van der Waals surface area contributed by atoms with Crippen molar-refractivity contribution in [2.24, 2.45) is 4.99 Å². The quantitative estimate of drug-likeness (QED) is 0.416. The highest BCUT2D eigenvalue weighted by Gasteiger charge is 2.34. The van der Waals surface area contributed by atoms with Gasteiger partial charge in [-0.3, -0.25) is 0 Å². The Kier molecular flexibility index (Phi) is 4.64. The Morgan fingerprint density at radius 2 is 1.47 bits per heavy atom. The standard InChI is InChI=1S/C25H21ClN4/c1-17-22-23(18-13-15-20(26)16-14-18)29(2)24(19-9-5-3-6-10-19)27-25(22)30(28-17)21-11-7-4-8-12-21/h3-16,23H,1-2H3/t23-/m0/s1. The zero-order chi connectivity index (χ0) is 20.7. The zero-order valence-electron chi connectivity index (χ0n) is 16.8. The smallest absolute Gasteiger partial charge is 0.163 e. The van der Waals surface area contributed by atoms with Crippen molar-refractivity contribution in [2.75, 3.05) is 7.05 Å². The van der Waals surface area contributed by atoms with Gasteiger partial charge in [-0.1, -0.05) is 72.3 Å². The molecule has 2 heterocycles. The number of hydrogen-bond donors (Lipinski definition) is 0. The molecule has 0 fully saturated rings. The summed E-state index contributed by atoms with van der Waals surface area (Å²) in [4.78, 5) is 7.33. The van der Waals surface area contributed by atoms with E-state index in [2.05, 4.69) is 55.3 Å². The van der Waals surface area contributed by atoms with Gasteiger partial charge in [-0.05, 0) is 36.8 Å². The van der Waals surface area contributed by atoms with Crippen molar-refractivity contribution >= 4 is 23.3 Å². The number of amidine groups is 1.